The highest BCUT2D eigenvalue weighted by atomic mass is 32.2. The predicted octanol–water partition coefficient (Wildman–Crippen LogP) is 3.37. The fraction of sp³-hybridized carbons (Fsp3) is 0.381. The number of hydrogen-bond acceptors (Lipinski definition) is 5. The van der Waals surface area contributed by atoms with E-state index >= 15 is 0 Å². The van der Waals surface area contributed by atoms with Gasteiger partial charge in [0.2, 0.25) is 5.91 Å². The third kappa shape index (κ3) is 5.55. The first-order valence-electron chi connectivity index (χ1n) is 9.46. The first-order chi connectivity index (χ1) is 13.9. The van der Waals surface area contributed by atoms with Gasteiger partial charge in [-0.25, -0.2) is 4.39 Å². The lowest BCUT2D eigenvalue weighted by Crippen LogP contribution is -2.40. The van der Waals surface area contributed by atoms with Crippen LogP contribution in [0.5, 0.6) is 5.75 Å². The quantitative estimate of drug-likeness (QED) is 0.581. The average Bonchev–Trinajstić information content (AvgIpc) is 2.64. The lowest BCUT2D eigenvalue weighted by molar-refractivity contribution is -0.139. The number of carbonyl (C=O) groups excluding carboxylic acids is 1. The summed E-state index contributed by atoms with van der Waals surface area (Å²) < 4.78 is 48.2. The standard InChI is InChI=1S/C21H24FNO5S/c1-27-13-12-23(21(24)17-5-3-6-17)15-16-4-2-7-19(14-16)28-29(25,26)20-10-8-18(22)9-11-20/h2,4,7-11,14,17H,3,5-6,12-13,15H2,1H3. The Labute approximate surface area is 170 Å². The van der Waals surface area contributed by atoms with Gasteiger partial charge in [0.25, 0.3) is 0 Å². The molecule has 0 N–H and O–H groups in total. The Bertz CT molecular complexity index is 942. The molecule has 1 saturated carbocycles. The van der Waals surface area contributed by atoms with Crippen molar-refractivity contribution in [3.8, 4) is 5.75 Å². The van der Waals surface area contributed by atoms with Crippen LogP contribution in [0.15, 0.2) is 53.4 Å². The molecule has 0 saturated heterocycles. The van der Waals surface area contributed by atoms with Gasteiger partial charge >= 0.3 is 10.1 Å². The molecule has 8 heteroatoms. The van der Waals surface area contributed by atoms with E-state index in [9.17, 15) is 17.6 Å². The highest BCUT2D eigenvalue weighted by molar-refractivity contribution is 7.87. The van der Waals surface area contributed by atoms with E-state index in [4.69, 9.17) is 8.92 Å². The fourth-order valence-corrected chi connectivity index (χ4v) is 4.00. The second-order valence-corrected chi connectivity index (χ2v) is 8.57. The molecule has 0 radical (unpaired) electrons. The van der Waals surface area contributed by atoms with Gasteiger partial charge in [-0.3, -0.25) is 4.79 Å². The second-order valence-electron chi connectivity index (χ2n) is 7.02. The van der Waals surface area contributed by atoms with E-state index in [1.54, 1.807) is 24.1 Å². The first kappa shape index (κ1) is 21.3. The van der Waals surface area contributed by atoms with Crippen LogP contribution >= 0.6 is 0 Å². The van der Waals surface area contributed by atoms with Crippen LogP contribution in [0.1, 0.15) is 24.8 Å². The van der Waals surface area contributed by atoms with Gasteiger partial charge in [-0.1, -0.05) is 18.6 Å². The topological polar surface area (TPSA) is 72.9 Å². The van der Waals surface area contributed by atoms with E-state index in [0.29, 0.717) is 19.7 Å². The number of methoxy groups -OCH3 is 1. The molecule has 0 heterocycles. The van der Waals surface area contributed by atoms with E-state index in [0.717, 1.165) is 49.1 Å². The Hall–Kier alpha value is -2.45. The molecule has 0 aromatic heterocycles. The summed E-state index contributed by atoms with van der Waals surface area (Å²) >= 11 is 0. The van der Waals surface area contributed by atoms with Crippen LogP contribution in [0.4, 0.5) is 4.39 Å². The molecule has 0 spiro atoms. The van der Waals surface area contributed by atoms with Gasteiger partial charge in [-0.05, 0) is 54.8 Å². The lowest BCUT2D eigenvalue weighted by atomic mass is 9.84. The number of benzene rings is 2. The summed E-state index contributed by atoms with van der Waals surface area (Å²) in [5.74, 6) is -0.239. The van der Waals surface area contributed by atoms with Crippen molar-refractivity contribution >= 4 is 16.0 Å². The van der Waals surface area contributed by atoms with Crippen molar-refractivity contribution in [2.75, 3.05) is 20.3 Å². The maximum Gasteiger partial charge on any atom is 0.339 e. The Morgan fingerprint density at radius 3 is 2.52 bits per heavy atom. The van der Waals surface area contributed by atoms with Gasteiger partial charge in [0.15, 0.2) is 0 Å². The van der Waals surface area contributed by atoms with Crippen LogP contribution in [-0.2, 0) is 26.2 Å². The number of nitrogens with zero attached hydrogens (tertiary/aromatic N) is 1. The van der Waals surface area contributed by atoms with Gasteiger partial charge in [-0.15, -0.1) is 0 Å². The lowest BCUT2D eigenvalue weighted by Gasteiger charge is -2.31. The molecule has 1 fully saturated rings. The largest absolute Gasteiger partial charge is 0.383 e. The highest BCUT2D eigenvalue weighted by Gasteiger charge is 2.29. The van der Waals surface area contributed by atoms with Crippen molar-refractivity contribution in [2.24, 2.45) is 5.92 Å². The van der Waals surface area contributed by atoms with Crippen molar-refractivity contribution in [3.63, 3.8) is 0 Å². The second kappa shape index (κ2) is 9.37. The number of halogens is 1. The van der Waals surface area contributed by atoms with Gasteiger partial charge in [0, 0.05) is 26.1 Å². The smallest absolute Gasteiger partial charge is 0.339 e. The monoisotopic (exact) mass is 421 g/mol. The van der Waals surface area contributed by atoms with Gasteiger partial charge < -0.3 is 13.8 Å². The molecule has 0 bridgehead atoms. The summed E-state index contributed by atoms with van der Waals surface area (Å²) in [5, 5.41) is 0. The molecule has 0 unspecified atom stereocenters. The summed E-state index contributed by atoms with van der Waals surface area (Å²) in [5.41, 5.74) is 0.751. The van der Waals surface area contributed by atoms with Crippen molar-refractivity contribution in [3.05, 3.63) is 59.9 Å². The predicted molar refractivity (Wildman–Crippen MR) is 105 cm³/mol. The van der Waals surface area contributed by atoms with Crippen LogP contribution in [0.25, 0.3) is 0 Å². The minimum Gasteiger partial charge on any atom is -0.383 e. The first-order valence-corrected chi connectivity index (χ1v) is 10.9. The van der Waals surface area contributed by atoms with E-state index in [1.807, 2.05) is 6.07 Å². The van der Waals surface area contributed by atoms with Crippen LogP contribution in [0, 0.1) is 11.7 Å². The Morgan fingerprint density at radius 2 is 1.90 bits per heavy atom. The van der Waals surface area contributed by atoms with Crippen molar-refractivity contribution in [1.82, 2.24) is 4.90 Å². The number of amides is 1. The summed E-state index contributed by atoms with van der Waals surface area (Å²) in [6.45, 7) is 1.23. The van der Waals surface area contributed by atoms with Gasteiger partial charge in [0.1, 0.15) is 16.5 Å². The zero-order valence-electron chi connectivity index (χ0n) is 16.2. The summed E-state index contributed by atoms with van der Waals surface area (Å²) in [4.78, 5) is 14.3. The van der Waals surface area contributed by atoms with Crippen LogP contribution in [0.2, 0.25) is 0 Å². The van der Waals surface area contributed by atoms with Crippen molar-refractivity contribution < 1.29 is 26.5 Å². The molecule has 6 nitrogen and oxygen atoms in total. The normalized spacial score (nSPS) is 14.3. The van der Waals surface area contributed by atoms with E-state index in [1.165, 1.54) is 6.07 Å². The summed E-state index contributed by atoms with van der Waals surface area (Å²) in [6.07, 6.45) is 2.88. The van der Waals surface area contributed by atoms with Crippen LogP contribution in [-0.4, -0.2) is 39.5 Å². The zero-order chi connectivity index (χ0) is 20.9. The number of rotatable bonds is 9. The van der Waals surface area contributed by atoms with E-state index < -0.39 is 15.9 Å². The number of ether oxygens (including phenoxy) is 1. The Kier molecular flexibility index (Phi) is 6.87. The van der Waals surface area contributed by atoms with E-state index in [2.05, 4.69) is 0 Å². The third-order valence-electron chi connectivity index (χ3n) is 4.91. The summed E-state index contributed by atoms with van der Waals surface area (Å²) in [6, 6.07) is 11.0. The molecule has 1 amide bonds. The molecule has 0 atom stereocenters. The minimum absolute atomic E-state index is 0.0603. The molecular formula is C21H24FNO5S. The Morgan fingerprint density at radius 1 is 1.17 bits per heavy atom. The summed E-state index contributed by atoms with van der Waals surface area (Å²) in [7, 11) is -2.50. The Balaban J connectivity index is 1.73. The molecule has 2 aromatic carbocycles. The third-order valence-corrected chi connectivity index (χ3v) is 6.17. The van der Waals surface area contributed by atoms with Crippen LogP contribution < -0.4 is 4.18 Å². The fourth-order valence-electron chi connectivity index (χ4n) is 3.07. The highest BCUT2D eigenvalue weighted by Crippen LogP contribution is 2.29. The SMILES string of the molecule is COCCN(Cc1cccc(OS(=O)(=O)c2ccc(F)cc2)c1)C(=O)C1CCC1. The average molecular weight is 421 g/mol. The molecule has 1 aliphatic carbocycles. The minimum atomic E-state index is -4.08. The molecule has 2 aromatic rings. The zero-order valence-corrected chi connectivity index (χ0v) is 17.0. The molecule has 1 aliphatic rings. The number of hydrogen-bond donors (Lipinski definition) is 0. The molecule has 156 valence electrons. The maximum atomic E-state index is 13.0. The number of carbonyl (C=O) groups is 1. The van der Waals surface area contributed by atoms with Crippen molar-refractivity contribution in [1.29, 1.82) is 0 Å². The molecule has 0 aliphatic heterocycles. The molecule has 3 rings (SSSR count). The van der Waals surface area contributed by atoms with Crippen molar-refractivity contribution in [2.45, 2.75) is 30.7 Å². The maximum absolute atomic E-state index is 13.0. The van der Waals surface area contributed by atoms with Gasteiger partial charge in [-0.2, -0.15) is 8.42 Å². The van der Waals surface area contributed by atoms with Gasteiger partial charge in [0.05, 0.1) is 6.61 Å². The molecule has 29 heavy (non-hydrogen) atoms. The molecular weight excluding hydrogens is 397 g/mol. The van der Waals surface area contributed by atoms with Crippen LogP contribution in [0.3, 0.4) is 0 Å². The van der Waals surface area contributed by atoms with E-state index in [-0.39, 0.29) is 22.5 Å².